The molecule has 2 aliphatic heterocycles. The second-order valence-electron chi connectivity index (χ2n) is 15.8. The first kappa shape index (κ1) is 51.0. The third-order valence-electron chi connectivity index (χ3n) is 8.53. The first-order valence-corrected chi connectivity index (χ1v) is 21.0. The first-order valence-electron chi connectivity index (χ1n) is 19.9. The summed E-state index contributed by atoms with van der Waals surface area (Å²) in [7, 11) is 2.57. The van der Waals surface area contributed by atoms with Crippen LogP contribution in [0.5, 0.6) is 0 Å². The molecule has 0 aromatic heterocycles. The summed E-state index contributed by atoms with van der Waals surface area (Å²) < 4.78 is 30.4. The Bertz CT molecular complexity index is 1520. The molecule has 0 saturated carbocycles. The predicted molar refractivity (Wildman–Crippen MR) is 232 cm³/mol. The van der Waals surface area contributed by atoms with Gasteiger partial charge in [0.05, 0.1) is 40.6 Å². The summed E-state index contributed by atoms with van der Waals surface area (Å²) in [5, 5.41) is 9.59. The number of benzene rings is 2. The van der Waals surface area contributed by atoms with E-state index in [1.54, 1.807) is 65.8 Å². The van der Waals surface area contributed by atoms with Gasteiger partial charge < -0.3 is 50.1 Å². The molecular formula is C42H67BrN6O10. The Kier molecular flexibility index (Phi) is 23.2. The van der Waals surface area contributed by atoms with Gasteiger partial charge in [0.15, 0.2) is 0 Å². The van der Waals surface area contributed by atoms with Gasteiger partial charge in [-0.2, -0.15) is 0 Å². The number of carbonyl (C=O) groups excluding carboxylic acids is 4. The minimum atomic E-state index is -0.812. The molecule has 332 valence electrons. The number of nitrogens with one attached hydrogen (secondary N) is 3. The number of hydrogen-bond donors (Lipinski definition) is 4. The first-order chi connectivity index (χ1) is 27.9. The summed E-state index contributed by atoms with van der Waals surface area (Å²) in [5.41, 5.74) is 7.75. The van der Waals surface area contributed by atoms with Gasteiger partial charge in [0, 0.05) is 75.4 Å². The Morgan fingerprint density at radius 3 is 1.44 bits per heavy atom. The van der Waals surface area contributed by atoms with Gasteiger partial charge in [-0.3, -0.25) is 9.80 Å². The van der Waals surface area contributed by atoms with Crippen molar-refractivity contribution in [1.82, 2.24) is 20.4 Å². The number of nitrogen functional groups attached to an aromatic ring is 1. The molecular weight excluding hydrogens is 828 g/mol. The van der Waals surface area contributed by atoms with Crippen molar-refractivity contribution < 1.29 is 47.6 Å². The third kappa shape index (κ3) is 23.3. The molecule has 5 N–H and O–H groups in total. The van der Waals surface area contributed by atoms with Crippen LogP contribution in [0.2, 0.25) is 0 Å². The number of amides is 2. The molecule has 2 heterocycles. The van der Waals surface area contributed by atoms with Crippen LogP contribution >= 0.6 is 15.9 Å². The van der Waals surface area contributed by atoms with E-state index in [0.29, 0.717) is 18.5 Å². The molecule has 2 aromatic rings. The van der Waals surface area contributed by atoms with E-state index in [1.807, 2.05) is 24.3 Å². The monoisotopic (exact) mass is 894 g/mol. The molecule has 2 atom stereocenters. The Hall–Kier alpha value is -4.16. The van der Waals surface area contributed by atoms with Crippen LogP contribution in [0, 0.1) is 0 Å². The minimum absolute atomic E-state index is 0.298. The highest BCUT2D eigenvalue weighted by Gasteiger charge is 2.26. The van der Waals surface area contributed by atoms with Crippen molar-refractivity contribution in [2.75, 3.05) is 103 Å². The van der Waals surface area contributed by atoms with Crippen molar-refractivity contribution in [3.05, 3.63) is 59.7 Å². The molecule has 0 bridgehead atoms. The van der Waals surface area contributed by atoms with Crippen molar-refractivity contribution in [2.24, 2.45) is 0 Å². The number of morpholine rings is 2. The molecule has 0 spiro atoms. The third-order valence-corrected chi connectivity index (χ3v) is 8.89. The van der Waals surface area contributed by atoms with Crippen LogP contribution in [0.4, 0.5) is 21.0 Å². The van der Waals surface area contributed by atoms with Crippen LogP contribution in [-0.4, -0.2) is 149 Å². The second-order valence-corrected chi connectivity index (χ2v) is 16.6. The lowest BCUT2D eigenvalue weighted by Gasteiger charge is -2.26. The lowest BCUT2D eigenvalue weighted by Crippen LogP contribution is -2.45. The molecule has 4 rings (SSSR count). The Labute approximate surface area is 358 Å². The van der Waals surface area contributed by atoms with E-state index in [9.17, 15) is 19.2 Å². The van der Waals surface area contributed by atoms with Gasteiger partial charge in [-0.25, -0.2) is 19.2 Å². The topological polar surface area (TPSA) is 192 Å². The van der Waals surface area contributed by atoms with Crippen molar-refractivity contribution in [3.63, 3.8) is 0 Å². The van der Waals surface area contributed by atoms with E-state index in [1.165, 1.54) is 14.2 Å². The maximum absolute atomic E-state index is 12.1. The van der Waals surface area contributed by atoms with Crippen molar-refractivity contribution in [3.8, 4) is 0 Å². The molecule has 0 unspecified atom stereocenters. The number of hydrogen-bond acceptors (Lipinski definition) is 14. The smallest absolute Gasteiger partial charge is 0.408 e. The van der Waals surface area contributed by atoms with Gasteiger partial charge in [0.1, 0.15) is 23.3 Å². The summed E-state index contributed by atoms with van der Waals surface area (Å²) in [5.74, 6) is -1.04. The average Bonchev–Trinajstić information content (AvgIpc) is 3.18. The SMILES string of the molecule is BrCCN1CCOCC1.COC(=O)[C@@H](Cc1ccc(N)cc1)NC(=O)OC(C)(C)C.COC(=O)[C@@H](Cc1ccc(NCCN2CCOCC2)cc1)NC(=O)OC(C)(C)C. The van der Waals surface area contributed by atoms with Gasteiger partial charge >= 0.3 is 24.1 Å². The highest BCUT2D eigenvalue weighted by molar-refractivity contribution is 9.09. The zero-order chi connectivity index (χ0) is 43.8. The van der Waals surface area contributed by atoms with Gasteiger partial charge in [0.2, 0.25) is 0 Å². The average molecular weight is 896 g/mol. The molecule has 2 fully saturated rings. The number of anilines is 2. The van der Waals surface area contributed by atoms with Crippen molar-refractivity contribution in [1.29, 1.82) is 0 Å². The molecule has 2 saturated heterocycles. The number of methoxy groups -OCH3 is 2. The highest BCUT2D eigenvalue weighted by atomic mass is 79.9. The number of esters is 2. The maximum Gasteiger partial charge on any atom is 0.408 e. The van der Waals surface area contributed by atoms with E-state index >= 15 is 0 Å². The van der Waals surface area contributed by atoms with Crippen LogP contribution in [0.1, 0.15) is 52.7 Å². The molecule has 16 nitrogen and oxygen atoms in total. The van der Waals surface area contributed by atoms with Crippen molar-refractivity contribution in [2.45, 2.75) is 77.7 Å². The number of alkyl halides is 1. The summed E-state index contributed by atoms with van der Waals surface area (Å²) in [6.45, 7) is 21.1. The number of halogens is 1. The van der Waals surface area contributed by atoms with Crippen LogP contribution in [0.3, 0.4) is 0 Å². The van der Waals surface area contributed by atoms with Gasteiger partial charge in [-0.1, -0.05) is 40.2 Å². The number of carbonyl (C=O) groups is 4. The molecule has 2 aromatic carbocycles. The molecule has 2 amide bonds. The number of nitrogens with zero attached hydrogens (tertiary/aromatic N) is 2. The van der Waals surface area contributed by atoms with E-state index in [2.05, 4.69) is 41.7 Å². The largest absolute Gasteiger partial charge is 0.467 e. The number of alkyl carbamates (subject to hydrolysis) is 2. The fraction of sp³-hybridized carbons (Fsp3) is 0.619. The normalized spacial score (nSPS) is 15.7. The van der Waals surface area contributed by atoms with E-state index < -0.39 is 47.4 Å². The van der Waals surface area contributed by atoms with Crippen LogP contribution in [0.25, 0.3) is 0 Å². The standard InChI is InChI=1S/C21H33N3O5.C15H22N2O4.C6H12BrNO/c1-21(2,3)29-20(26)23-18(19(25)27-4)15-16-5-7-17(8-6-16)22-9-10-24-11-13-28-14-12-24;1-15(2,3)21-14(19)17-12(13(18)20-4)9-10-5-7-11(16)8-6-10;7-1-2-8-3-5-9-6-4-8/h5-8,18,22H,9-15H2,1-4H3,(H,23,26);5-8,12H,9,16H2,1-4H3,(H,17,19);1-6H2/t18-;12-;/m11./s1. The lowest BCUT2D eigenvalue weighted by atomic mass is 10.1. The molecule has 2 aliphatic rings. The van der Waals surface area contributed by atoms with Crippen LogP contribution < -0.4 is 21.7 Å². The van der Waals surface area contributed by atoms with E-state index in [-0.39, 0.29) is 0 Å². The Balaban J connectivity index is 0.000000347. The molecule has 17 heteroatoms. The second kappa shape index (κ2) is 26.8. The summed E-state index contributed by atoms with van der Waals surface area (Å²) in [4.78, 5) is 52.4. The van der Waals surface area contributed by atoms with Gasteiger partial charge in [-0.15, -0.1) is 0 Å². The molecule has 0 radical (unpaired) electrons. The Morgan fingerprint density at radius 2 is 1.07 bits per heavy atom. The maximum atomic E-state index is 12.1. The minimum Gasteiger partial charge on any atom is -0.467 e. The van der Waals surface area contributed by atoms with Crippen LogP contribution in [0.15, 0.2) is 48.5 Å². The van der Waals surface area contributed by atoms with Gasteiger partial charge in [-0.05, 0) is 76.9 Å². The highest BCUT2D eigenvalue weighted by Crippen LogP contribution is 2.14. The predicted octanol–water partition coefficient (Wildman–Crippen LogP) is 4.63. The number of ether oxygens (including phenoxy) is 6. The fourth-order valence-electron chi connectivity index (χ4n) is 5.58. The van der Waals surface area contributed by atoms with E-state index in [0.717, 1.165) is 94.4 Å². The van der Waals surface area contributed by atoms with Crippen molar-refractivity contribution >= 4 is 51.4 Å². The van der Waals surface area contributed by atoms with E-state index in [4.69, 9.17) is 34.2 Å². The number of nitrogens with two attached hydrogens (primary N) is 1. The summed E-state index contributed by atoms with van der Waals surface area (Å²) >= 11 is 3.40. The van der Waals surface area contributed by atoms with Crippen LogP contribution in [-0.2, 0) is 50.9 Å². The summed E-state index contributed by atoms with van der Waals surface area (Å²) in [6, 6.07) is 13.2. The molecule has 59 heavy (non-hydrogen) atoms. The fourth-order valence-corrected chi connectivity index (χ4v) is 6.08. The zero-order valence-corrected chi connectivity index (χ0v) is 37.7. The molecule has 0 aliphatic carbocycles. The summed E-state index contributed by atoms with van der Waals surface area (Å²) in [6.07, 6.45) is -0.686. The number of rotatable bonds is 14. The van der Waals surface area contributed by atoms with Gasteiger partial charge in [0.25, 0.3) is 0 Å². The Morgan fingerprint density at radius 1 is 0.678 bits per heavy atom. The lowest BCUT2D eigenvalue weighted by molar-refractivity contribution is -0.143. The quantitative estimate of drug-likeness (QED) is 0.0889. The zero-order valence-electron chi connectivity index (χ0n) is 36.1.